The van der Waals surface area contributed by atoms with Crippen molar-refractivity contribution in [1.82, 2.24) is 9.78 Å². The quantitative estimate of drug-likeness (QED) is 0.250. The minimum Gasteiger partial charge on any atom is -0.461 e. The summed E-state index contributed by atoms with van der Waals surface area (Å²) in [6.45, 7) is 1.84. The first kappa shape index (κ1) is 25.4. The van der Waals surface area contributed by atoms with Crippen LogP contribution in [0.25, 0.3) is 27.6 Å². The number of benzene rings is 3. The van der Waals surface area contributed by atoms with Gasteiger partial charge in [-0.2, -0.15) is 9.78 Å². The molecule has 0 bridgehead atoms. The highest BCUT2D eigenvalue weighted by Crippen LogP contribution is 2.31. The number of aromatic nitrogens is 2. The molecule has 3 aromatic carbocycles. The molecule has 0 aliphatic carbocycles. The standard InChI is InChI=1S/C29H22ClN3O4S/c1-2-37-29(36)26-23-17-38-27(25(23)28(35)33(32-26)22-10-6-9-21(30)16-22)31-24(34)15-18-11-13-20(14-12-18)19-7-4-3-5-8-19/h3-14,16-17H,2,15H2,1H3,(H,31,34). The van der Waals surface area contributed by atoms with E-state index < -0.39 is 11.5 Å². The van der Waals surface area contributed by atoms with E-state index in [2.05, 4.69) is 10.4 Å². The number of nitrogens with zero attached hydrogens (tertiary/aromatic N) is 2. The molecule has 0 saturated heterocycles. The average Bonchev–Trinajstić information content (AvgIpc) is 3.34. The summed E-state index contributed by atoms with van der Waals surface area (Å²) in [6.07, 6.45) is 0.118. The number of halogens is 1. The van der Waals surface area contributed by atoms with Gasteiger partial charge >= 0.3 is 5.97 Å². The van der Waals surface area contributed by atoms with Crippen LogP contribution in [0.1, 0.15) is 23.0 Å². The molecule has 0 aliphatic rings. The number of carbonyl (C=O) groups is 2. The van der Waals surface area contributed by atoms with E-state index in [1.54, 1.807) is 36.6 Å². The summed E-state index contributed by atoms with van der Waals surface area (Å²) in [4.78, 5) is 39.2. The van der Waals surface area contributed by atoms with E-state index in [1.807, 2.05) is 54.6 Å². The zero-order valence-electron chi connectivity index (χ0n) is 20.3. The van der Waals surface area contributed by atoms with Crippen molar-refractivity contribution in [3.8, 4) is 16.8 Å². The summed E-state index contributed by atoms with van der Waals surface area (Å²) < 4.78 is 6.28. The van der Waals surface area contributed by atoms with Crippen LogP contribution in [-0.2, 0) is 16.0 Å². The summed E-state index contributed by atoms with van der Waals surface area (Å²) in [7, 11) is 0. The lowest BCUT2D eigenvalue weighted by Crippen LogP contribution is -2.25. The molecular weight excluding hydrogens is 522 g/mol. The predicted octanol–water partition coefficient (Wildman–Crippen LogP) is 6.13. The van der Waals surface area contributed by atoms with Crippen LogP contribution in [0, 0.1) is 0 Å². The number of anilines is 1. The van der Waals surface area contributed by atoms with Crippen molar-refractivity contribution in [3.05, 3.63) is 111 Å². The lowest BCUT2D eigenvalue weighted by atomic mass is 10.0. The first-order chi connectivity index (χ1) is 18.4. The average molecular weight is 544 g/mol. The Balaban J connectivity index is 1.47. The maximum Gasteiger partial charge on any atom is 0.359 e. The third-order valence-corrected chi connectivity index (χ3v) is 6.98. The molecule has 9 heteroatoms. The maximum atomic E-state index is 13.5. The number of esters is 1. The van der Waals surface area contributed by atoms with Gasteiger partial charge in [-0.3, -0.25) is 9.59 Å². The Morgan fingerprint density at radius 1 is 1.00 bits per heavy atom. The van der Waals surface area contributed by atoms with E-state index in [1.165, 1.54) is 0 Å². The molecule has 2 aromatic heterocycles. The number of thiophene rings is 1. The molecule has 1 amide bonds. The zero-order valence-corrected chi connectivity index (χ0v) is 21.9. The van der Waals surface area contributed by atoms with Gasteiger partial charge in [0.25, 0.3) is 5.56 Å². The second-order valence-electron chi connectivity index (χ2n) is 8.41. The number of hydrogen-bond donors (Lipinski definition) is 1. The van der Waals surface area contributed by atoms with Gasteiger partial charge in [-0.05, 0) is 41.8 Å². The molecular formula is C29H22ClN3O4S. The van der Waals surface area contributed by atoms with Crippen molar-refractivity contribution in [3.63, 3.8) is 0 Å². The first-order valence-electron chi connectivity index (χ1n) is 11.9. The summed E-state index contributed by atoms with van der Waals surface area (Å²) in [5.41, 5.74) is 2.86. The van der Waals surface area contributed by atoms with Crippen LogP contribution in [0.2, 0.25) is 5.02 Å². The molecule has 0 radical (unpaired) electrons. The van der Waals surface area contributed by atoms with Crippen molar-refractivity contribution in [2.45, 2.75) is 13.3 Å². The topological polar surface area (TPSA) is 90.3 Å². The van der Waals surface area contributed by atoms with Crippen molar-refractivity contribution in [2.75, 3.05) is 11.9 Å². The van der Waals surface area contributed by atoms with Crippen LogP contribution in [0.4, 0.5) is 5.00 Å². The normalized spacial score (nSPS) is 10.9. The van der Waals surface area contributed by atoms with E-state index in [0.29, 0.717) is 21.1 Å². The van der Waals surface area contributed by atoms with Crippen LogP contribution < -0.4 is 10.9 Å². The Kier molecular flexibility index (Phi) is 7.35. The van der Waals surface area contributed by atoms with E-state index in [-0.39, 0.29) is 30.0 Å². The molecule has 2 heterocycles. The smallest absolute Gasteiger partial charge is 0.359 e. The Labute approximate surface area is 227 Å². The molecule has 5 aromatic rings. The maximum absolute atomic E-state index is 13.5. The number of rotatable bonds is 7. The molecule has 0 unspecified atom stereocenters. The van der Waals surface area contributed by atoms with Gasteiger partial charge in [0.15, 0.2) is 5.69 Å². The zero-order chi connectivity index (χ0) is 26.6. The Morgan fingerprint density at radius 2 is 1.74 bits per heavy atom. The molecule has 0 fully saturated rings. The largest absolute Gasteiger partial charge is 0.461 e. The molecule has 38 heavy (non-hydrogen) atoms. The van der Waals surface area contributed by atoms with Gasteiger partial charge < -0.3 is 10.1 Å². The van der Waals surface area contributed by atoms with Crippen LogP contribution in [0.5, 0.6) is 0 Å². The third-order valence-electron chi connectivity index (χ3n) is 5.85. The van der Waals surface area contributed by atoms with E-state index >= 15 is 0 Å². The highest BCUT2D eigenvalue weighted by Gasteiger charge is 2.23. The monoisotopic (exact) mass is 543 g/mol. The number of nitrogens with one attached hydrogen (secondary N) is 1. The van der Waals surface area contributed by atoms with Crippen LogP contribution >= 0.6 is 22.9 Å². The summed E-state index contributed by atoms with van der Waals surface area (Å²) in [5.74, 6) is -0.952. The lowest BCUT2D eigenvalue weighted by Gasteiger charge is -2.10. The highest BCUT2D eigenvalue weighted by molar-refractivity contribution is 7.16. The van der Waals surface area contributed by atoms with Crippen molar-refractivity contribution >= 4 is 50.6 Å². The lowest BCUT2D eigenvalue weighted by molar-refractivity contribution is -0.115. The van der Waals surface area contributed by atoms with Gasteiger partial charge in [0.2, 0.25) is 5.91 Å². The molecule has 1 N–H and O–H groups in total. The van der Waals surface area contributed by atoms with Gasteiger partial charge in [0.1, 0.15) is 5.00 Å². The number of carbonyl (C=O) groups excluding carboxylic acids is 2. The van der Waals surface area contributed by atoms with Gasteiger partial charge in [-0.15, -0.1) is 11.3 Å². The summed E-state index contributed by atoms with van der Waals surface area (Å²) in [5, 5.41) is 10.0. The SMILES string of the molecule is CCOC(=O)c1nn(-c2cccc(Cl)c2)c(=O)c2c(NC(=O)Cc3ccc(-c4ccccc4)cc3)scc12. The second kappa shape index (κ2) is 11.0. The molecule has 0 atom stereocenters. The van der Waals surface area contributed by atoms with E-state index in [4.69, 9.17) is 16.3 Å². The summed E-state index contributed by atoms with van der Waals surface area (Å²) in [6, 6.07) is 24.3. The van der Waals surface area contributed by atoms with E-state index in [0.717, 1.165) is 32.7 Å². The van der Waals surface area contributed by atoms with E-state index in [9.17, 15) is 14.4 Å². The first-order valence-corrected chi connectivity index (χ1v) is 13.1. The molecule has 0 spiro atoms. The second-order valence-corrected chi connectivity index (χ2v) is 9.72. The Bertz CT molecular complexity index is 1700. The van der Waals surface area contributed by atoms with Crippen LogP contribution in [0.3, 0.4) is 0 Å². The molecule has 7 nitrogen and oxygen atoms in total. The van der Waals surface area contributed by atoms with Crippen molar-refractivity contribution in [2.24, 2.45) is 0 Å². The fraction of sp³-hybridized carbons (Fsp3) is 0.103. The molecule has 190 valence electrons. The number of amides is 1. The molecule has 5 rings (SSSR count). The predicted molar refractivity (Wildman–Crippen MR) is 150 cm³/mol. The molecule has 0 saturated carbocycles. The Hall–Kier alpha value is -4.27. The van der Waals surface area contributed by atoms with Gasteiger partial charge in [-0.1, -0.05) is 72.3 Å². The minimum atomic E-state index is -0.664. The van der Waals surface area contributed by atoms with Gasteiger partial charge in [0.05, 0.1) is 24.1 Å². The minimum absolute atomic E-state index is 0.0188. The fourth-order valence-electron chi connectivity index (χ4n) is 4.08. The van der Waals surface area contributed by atoms with Gasteiger partial charge in [-0.25, -0.2) is 4.79 Å². The van der Waals surface area contributed by atoms with Crippen LogP contribution in [0.15, 0.2) is 89.0 Å². The Morgan fingerprint density at radius 3 is 2.45 bits per heavy atom. The van der Waals surface area contributed by atoms with Crippen molar-refractivity contribution in [1.29, 1.82) is 0 Å². The third kappa shape index (κ3) is 5.22. The number of fused-ring (bicyclic) bond motifs is 1. The number of hydrogen-bond acceptors (Lipinski definition) is 6. The van der Waals surface area contributed by atoms with Crippen molar-refractivity contribution < 1.29 is 14.3 Å². The fourth-order valence-corrected chi connectivity index (χ4v) is 5.21. The molecule has 0 aliphatic heterocycles. The number of ether oxygens (including phenoxy) is 1. The summed E-state index contributed by atoms with van der Waals surface area (Å²) >= 11 is 7.28. The highest BCUT2D eigenvalue weighted by atomic mass is 35.5. The van der Waals surface area contributed by atoms with Gasteiger partial charge in [0, 0.05) is 15.8 Å². The van der Waals surface area contributed by atoms with Crippen LogP contribution in [-0.4, -0.2) is 28.3 Å².